The third kappa shape index (κ3) is 4.36. The number of thioether (sulfide) groups is 1. The first kappa shape index (κ1) is 18.7. The maximum atomic E-state index is 12.4. The maximum absolute atomic E-state index is 12.4. The highest BCUT2D eigenvalue weighted by Gasteiger charge is 2.15. The topological polar surface area (TPSA) is 59.8 Å². The molecule has 0 bridgehead atoms. The highest BCUT2D eigenvalue weighted by molar-refractivity contribution is 7.99. The number of carbonyl (C=O) groups is 1. The van der Waals surface area contributed by atoms with Crippen molar-refractivity contribution in [2.45, 2.75) is 57.3 Å². The molecule has 1 aromatic carbocycles. The number of hydrogen-bond acceptors (Lipinski definition) is 4. The minimum absolute atomic E-state index is 0.00288. The van der Waals surface area contributed by atoms with E-state index in [2.05, 4.69) is 40.3 Å². The lowest BCUT2D eigenvalue weighted by Gasteiger charge is -2.20. The highest BCUT2D eigenvalue weighted by Crippen LogP contribution is 2.25. The molecular formula is C20H26N4OS. The van der Waals surface area contributed by atoms with Crippen molar-refractivity contribution in [3.05, 3.63) is 53.4 Å². The van der Waals surface area contributed by atoms with Gasteiger partial charge in [-0.3, -0.25) is 4.79 Å². The first-order chi connectivity index (χ1) is 12.6. The molecule has 1 N–H and O–H groups in total. The summed E-state index contributed by atoms with van der Waals surface area (Å²) in [4.78, 5) is 12.4. The van der Waals surface area contributed by atoms with Gasteiger partial charge in [0.05, 0.1) is 11.8 Å². The Balaban J connectivity index is 1.57. The molecule has 3 rings (SSSR count). The van der Waals surface area contributed by atoms with E-state index in [-0.39, 0.29) is 11.9 Å². The van der Waals surface area contributed by atoms with Crippen molar-refractivity contribution in [3.8, 4) is 0 Å². The van der Waals surface area contributed by atoms with Crippen molar-refractivity contribution in [2.24, 2.45) is 0 Å². The molecule has 1 unspecified atom stereocenters. The first-order valence-corrected chi connectivity index (χ1v) is 10.1. The Labute approximate surface area is 159 Å². The third-order valence-electron chi connectivity index (χ3n) is 4.80. The number of hydrogen-bond donors (Lipinski definition) is 1. The van der Waals surface area contributed by atoms with Gasteiger partial charge >= 0.3 is 0 Å². The summed E-state index contributed by atoms with van der Waals surface area (Å²) in [5.74, 6) is 1.16. The maximum Gasteiger partial charge on any atom is 0.230 e. The summed E-state index contributed by atoms with van der Waals surface area (Å²) < 4.78 is 1.96. The molecule has 26 heavy (non-hydrogen) atoms. The minimum atomic E-state index is 0.00288. The lowest BCUT2D eigenvalue weighted by Crippen LogP contribution is -2.28. The highest BCUT2D eigenvalue weighted by atomic mass is 32.2. The van der Waals surface area contributed by atoms with E-state index in [4.69, 9.17) is 0 Å². The monoisotopic (exact) mass is 370 g/mol. The van der Waals surface area contributed by atoms with E-state index in [9.17, 15) is 4.79 Å². The van der Waals surface area contributed by atoms with Crippen molar-refractivity contribution in [2.75, 3.05) is 5.75 Å². The zero-order valence-corrected chi connectivity index (χ0v) is 16.3. The number of nitrogens with one attached hydrogen (secondary N) is 1. The molecule has 1 amide bonds. The Morgan fingerprint density at radius 3 is 2.88 bits per heavy atom. The molecule has 2 aromatic rings. The Morgan fingerprint density at radius 1 is 1.35 bits per heavy atom. The van der Waals surface area contributed by atoms with Crippen LogP contribution < -0.4 is 5.32 Å². The number of benzene rings is 1. The zero-order chi connectivity index (χ0) is 18.5. The number of fused-ring (bicyclic) bond motifs is 1. The van der Waals surface area contributed by atoms with E-state index >= 15 is 0 Å². The van der Waals surface area contributed by atoms with Crippen LogP contribution in [0, 0.1) is 6.92 Å². The van der Waals surface area contributed by atoms with Crippen LogP contribution in [0.1, 0.15) is 48.3 Å². The molecule has 0 spiro atoms. The molecule has 138 valence electrons. The third-order valence-corrected chi connectivity index (χ3v) is 5.76. The van der Waals surface area contributed by atoms with Gasteiger partial charge in [-0.05, 0) is 56.2 Å². The largest absolute Gasteiger partial charge is 0.349 e. The standard InChI is InChI=1S/C20H26N4OS/c1-4-11-24-15(3)22-23-20(24)26-13-19(25)21-14(2)17-10-9-16-7-5-6-8-18(16)12-17/h4,9-10,12,14H,1,5-8,11,13H2,2-3H3,(H,21,25). The quantitative estimate of drug-likeness (QED) is 0.597. The number of aryl methyl sites for hydroxylation is 3. The van der Waals surface area contributed by atoms with E-state index in [1.54, 1.807) is 6.08 Å². The van der Waals surface area contributed by atoms with E-state index in [0.717, 1.165) is 17.4 Å². The molecular weight excluding hydrogens is 344 g/mol. The summed E-state index contributed by atoms with van der Waals surface area (Å²) in [7, 11) is 0. The van der Waals surface area contributed by atoms with Crippen LogP contribution in [0.3, 0.4) is 0 Å². The molecule has 0 fully saturated rings. The Kier molecular flexibility index (Phi) is 6.14. The van der Waals surface area contributed by atoms with Crippen molar-refractivity contribution in [1.82, 2.24) is 20.1 Å². The van der Waals surface area contributed by atoms with Crippen molar-refractivity contribution in [1.29, 1.82) is 0 Å². The van der Waals surface area contributed by atoms with Crippen LogP contribution in [0.25, 0.3) is 0 Å². The van der Waals surface area contributed by atoms with Gasteiger partial charge in [0.1, 0.15) is 5.82 Å². The molecule has 0 radical (unpaired) electrons. The van der Waals surface area contributed by atoms with Crippen LogP contribution in [0.4, 0.5) is 0 Å². The molecule has 1 aliphatic rings. The Bertz CT molecular complexity index is 799. The second-order valence-corrected chi connectivity index (χ2v) is 7.68. The van der Waals surface area contributed by atoms with Gasteiger partial charge in [-0.15, -0.1) is 16.8 Å². The summed E-state index contributed by atoms with van der Waals surface area (Å²) >= 11 is 1.41. The fourth-order valence-electron chi connectivity index (χ4n) is 3.33. The van der Waals surface area contributed by atoms with Crippen molar-refractivity contribution < 1.29 is 4.79 Å². The number of amides is 1. The summed E-state index contributed by atoms with van der Waals surface area (Å²) in [5.41, 5.74) is 4.08. The fraction of sp³-hybridized carbons (Fsp3) is 0.450. The normalized spacial score (nSPS) is 14.5. The second kappa shape index (κ2) is 8.54. The second-order valence-electron chi connectivity index (χ2n) is 6.74. The van der Waals surface area contributed by atoms with E-state index in [0.29, 0.717) is 12.3 Å². The smallest absolute Gasteiger partial charge is 0.230 e. The van der Waals surface area contributed by atoms with Gasteiger partial charge < -0.3 is 9.88 Å². The average molecular weight is 371 g/mol. The summed E-state index contributed by atoms with van der Waals surface area (Å²) in [6.07, 6.45) is 6.68. The van der Waals surface area contributed by atoms with Gasteiger partial charge in [0, 0.05) is 6.54 Å². The summed E-state index contributed by atoms with van der Waals surface area (Å²) in [6, 6.07) is 6.63. The predicted octanol–water partition coefficient (Wildman–Crippen LogP) is 3.62. The van der Waals surface area contributed by atoms with Gasteiger partial charge in [-0.1, -0.05) is 36.0 Å². The fourth-order valence-corrected chi connectivity index (χ4v) is 4.13. The molecule has 6 heteroatoms. The van der Waals surface area contributed by atoms with E-state index in [1.807, 2.05) is 18.4 Å². The molecule has 0 aliphatic heterocycles. The van der Waals surface area contributed by atoms with Crippen molar-refractivity contribution in [3.63, 3.8) is 0 Å². The Morgan fingerprint density at radius 2 is 2.12 bits per heavy atom. The van der Waals surface area contributed by atoms with Crippen LogP contribution in [-0.2, 0) is 24.2 Å². The lowest BCUT2D eigenvalue weighted by atomic mass is 9.89. The zero-order valence-electron chi connectivity index (χ0n) is 15.5. The number of rotatable bonds is 7. The van der Waals surface area contributed by atoms with Gasteiger partial charge in [-0.2, -0.15) is 0 Å². The number of carbonyl (C=O) groups excluding carboxylic acids is 1. The first-order valence-electron chi connectivity index (χ1n) is 9.13. The SMILES string of the molecule is C=CCn1c(C)nnc1SCC(=O)NC(C)c1ccc2c(c1)CCCC2. The average Bonchev–Trinajstić information content (AvgIpc) is 3.00. The number of aromatic nitrogens is 3. The molecule has 1 atom stereocenters. The molecule has 1 aromatic heterocycles. The molecule has 0 saturated heterocycles. The molecule has 1 aliphatic carbocycles. The van der Waals surface area contributed by atoms with Gasteiger partial charge in [0.15, 0.2) is 5.16 Å². The lowest BCUT2D eigenvalue weighted by molar-refractivity contribution is -0.119. The minimum Gasteiger partial charge on any atom is -0.349 e. The number of nitrogens with zero attached hydrogens (tertiary/aromatic N) is 3. The van der Waals surface area contributed by atoms with Crippen LogP contribution >= 0.6 is 11.8 Å². The summed E-state index contributed by atoms with van der Waals surface area (Å²) in [6.45, 7) is 8.34. The number of allylic oxidation sites excluding steroid dienone is 1. The van der Waals surface area contributed by atoms with Crippen LogP contribution in [0.5, 0.6) is 0 Å². The predicted molar refractivity (Wildman–Crippen MR) is 105 cm³/mol. The van der Waals surface area contributed by atoms with Crippen molar-refractivity contribution >= 4 is 17.7 Å². The van der Waals surface area contributed by atoms with Crippen LogP contribution in [-0.4, -0.2) is 26.4 Å². The van der Waals surface area contributed by atoms with Gasteiger partial charge in [0.2, 0.25) is 5.91 Å². The van der Waals surface area contributed by atoms with Crippen LogP contribution in [0.15, 0.2) is 36.0 Å². The van der Waals surface area contributed by atoms with Crippen LogP contribution in [0.2, 0.25) is 0 Å². The van der Waals surface area contributed by atoms with Gasteiger partial charge in [-0.25, -0.2) is 0 Å². The van der Waals surface area contributed by atoms with Gasteiger partial charge in [0.25, 0.3) is 0 Å². The molecule has 0 saturated carbocycles. The summed E-state index contributed by atoms with van der Waals surface area (Å²) in [5, 5.41) is 12.1. The van der Waals surface area contributed by atoms with E-state index < -0.39 is 0 Å². The molecule has 5 nitrogen and oxygen atoms in total. The molecule has 1 heterocycles. The Hall–Kier alpha value is -2.08. The van der Waals surface area contributed by atoms with E-state index in [1.165, 1.54) is 47.7 Å².